The van der Waals surface area contributed by atoms with Gasteiger partial charge in [-0.3, -0.25) is 4.79 Å². The van der Waals surface area contributed by atoms with Crippen molar-refractivity contribution in [3.63, 3.8) is 0 Å². The number of carbonyl (C=O) groups excluding carboxylic acids is 1. The first-order valence-electron chi connectivity index (χ1n) is 6.60. The summed E-state index contributed by atoms with van der Waals surface area (Å²) in [4.78, 5) is 11.6. The van der Waals surface area contributed by atoms with Gasteiger partial charge in [0.2, 0.25) is 0 Å². The molecule has 1 rings (SSSR count). The molecule has 1 aliphatic heterocycles. The van der Waals surface area contributed by atoms with Crippen LogP contribution in [0.15, 0.2) is 0 Å². The van der Waals surface area contributed by atoms with E-state index >= 15 is 0 Å². The van der Waals surface area contributed by atoms with Crippen LogP contribution in [0.2, 0.25) is 0 Å². The van der Waals surface area contributed by atoms with Gasteiger partial charge in [-0.05, 0) is 19.8 Å². The number of piperidine rings is 1. The Balaban J connectivity index is 2.53. The normalized spacial score (nSPS) is 18.4. The van der Waals surface area contributed by atoms with E-state index < -0.39 is 29.5 Å². The van der Waals surface area contributed by atoms with Crippen molar-refractivity contribution in [2.75, 3.05) is 32.9 Å². The van der Waals surface area contributed by atoms with Gasteiger partial charge in [-0.2, -0.15) is 17.4 Å². The Labute approximate surface area is 118 Å². The summed E-state index contributed by atoms with van der Waals surface area (Å²) in [7, 11) is -3.76. The first-order chi connectivity index (χ1) is 9.44. The zero-order chi connectivity index (χ0) is 15.2. The van der Waals surface area contributed by atoms with Gasteiger partial charge in [0.05, 0.1) is 31.8 Å². The molecule has 3 N–H and O–H groups in total. The smallest absolute Gasteiger partial charge is 0.309 e. The van der Waals surface area contributed by atoms with Crippen molar-refractivity contribution in [2.24, 2.45) is 5.92 Å². The number of esters is 1. The van der Waals surface area contributed by atoms with Gasteiger partial charge < -0.3 is 14.9 Å². The van der Waals surface area contributed by atoms with E-state index in [0.717, 1.165) is 0 Å². The highest BCUT2D eigenvalue weighted by molar-refractivity contribution is 7.87. The third-order valence-corrected chi connectivity index (χ3v) is 4.85. The van der Waals surface area contributed by atoms with Crippen molar-refractivity contribution in [1.82, 2.24) is 9.03 Å². The van der Waals surface area contributed by atoms with Crippen LogP contribution in [0, 0.1) is 5.92 Å². The molecule has 0 amide bonds. The van der Waals surface area contributed by atoms with Crippen LogP contribution in [0.25, 0.3) is 0 Å². The summed E-state index contributed by atoms with van der Waals surface area (Å²) in [6.07, 6.45) is 0.811. The molecule has 0 atom stereocenters. The molecule has 1 saturated heterocycles. The van der Waals surface area contributed by atoms with Crippen LogP contribution in [0.5, 0.6) is 0 Å². The fourth-order valence-corrected chi connectivity index (χ4v) is 3.42. The molecule has 0 unspecified atom stereocenters. The third kappa shape index (κ3) is 4.67. The summed E-state index contributed by atoms with van der Waals surface area (Å²) in [6, 6.07) is -0.914. The molecule has 0 aromatic carbocycles. The number of nitrogens with zero attached hydrogens (tertiary/aromatic N) is 1. The minimum atomic E-state index is -3.76. The SMILES string of the molecule is CCOC(=O)C1CCN(S(=O)(=O)NC(CO)CO)CC1. The fraction of sp³-hybridized carbons (Fsp3) is 0.909. The lowest BCUT2D eigenvalue weighted by molar-refractivity contribution is -0.149. The molecule has 1 heterocycles. The first-order valence-corrected chi connectivity index (χ1v) is 8.04. The predicted octanol–water partition coefficient (Wildman–Crippen LogP) is -1.55. The second kappa shape index (κ2) is 7.89. The van der Waals surface area contributed by atoms with Crippen LogP contribution in [-0.4, -0.2) is 67.9 Å². The standard InChI is InChI=1S/C11H22N2O6S/c1-2-19-11(16)9-3-5-13(6-4-9)20(17,18)12-10(7-14)8-15/h9-10,12,14-15H,2-8H2,1H3. The van der Waals surface area contributed by atoms with Gasteiger partial charge >= 0.3 is 5.97 Å². The van der Waals surface area contributed by atoms with Crippen LogP contribution >= 0.6 is 0 Å². The summed E-state index contributed by atoms with van der Waals surface area (Å²) < 4.78 is 32.3. The molecule has 8 nitrogen and oxygen atoms in total. The quantitative estimate of drug-likeness (QED) is 0.490. The van der Waals surface area contributed by atoms with Gasteiger partial charge in [-0.15, -0.1) is 0 Å². The number of nitrogens with one attached hydrogen (secondary N) is 1. The molecular formula is C11H22N2O6S. The minimum absolute atomic E-state index is 0.211. The van der Waals surface area contributed by atoms with E-state index in [9.17, 15) is 13.2 Å². The summed E-state index contributed by atoms with van der Waals surface area (Å²) in [6.45, 7) is 1.51. The van der Waals surface area contributed by atoms with Gasteiger partial charge in [0.25, 0.3) is 10.2 Å². The molecule has 20 heavy (non-hydrogen) atoms. The van der Waals surface area contributed by atoms with Crippen LogP contribution in [-0.2, 0) is 19.7 Å². The summed E-state index contributed by atoms with van der Waals surface area (Å²) in [5, 5.41) is 17.8. The van der Waals surface area contributed by atoms with E-state index in [1.807, 2.05) is 0 Å². The van der Waals surface area contributed by atoms with Crippen LogP contribution in [0.3, 0.4) is 0 Å². The van der Waals surface area contributed by atoms with E-state index in [1.54, 1.807) is 6.92 Å². The predicted molar refractivity (Wildman–Crippen MR) is 70.9 cm³/mol. The van der Waals surface area contributed by atoms with Crippen molar-refractivity contribution in [2.45, 2.75) is 25.8 Å². The summed E-state index contributed by atoms with van der Waals surface area (Å²) in [5.41, 5.74) is 0. The van der Waals surface area contributed by atoms with E-state index in [0.29, 0.717) is 19.4 Å². The number of hydrogen-bond acceptors (Lipinski definition) is 6. The molecular weight excluding hydrogens is 288 g/mol. The number of aliphatic hydroxyl groups excluding tert-OH is 2. The lowest BCUT2D eigenvalue weighted by Gasteiger charge is -2.31. The first kappa shape index (κ1) is 17.3. The van der Waals surface area contributed by atoms with Crippen LogP contribution in [0.1, 0.15) is 19.8 Å². The molecule has 0 saturated carbocycles. The average molecular weight is 310 g/mol. The van der Waals surface area contributed by atoms with Crippen LogP contribution < -0.4 is 4.72 Å². The zero-order valence-electron chi connectivity index (χ0n) is 11.5. The maximum Gasteiger partial charge on any atom is 0.309 e. The maximum atomic E-state index is 12.0. The second-order valence-electron chi connectivity index (χ2n) is 4.61. The van der Waals surface area contributed by atoms with E-state index in [1.165, 1.54) is 4.31 Å². The van der Waals surface area contributed by atoms with E-state index in [2.05, 4.69) is 4.72 Å². The molecule has 0 bridgehead atoms. The number of carbonyl (C=O) groups is 1. The third-order valence-electron chi connectivity index (χ3n) is 3.17. The number of rotatable bonds is 7. The van der Waals surface area contributed by atoms with Crippen molar-refractivity contribution < 1.29 is 28.2 Å². The Morgan fingerprint density at radius 1 is 1.35 bits per heavy atom. The Morgan fingerprint density at radius 3 is 2.35 bits per heavy atom. The van der Waals surface area contributed by atoms with Gasteiger partial charge in [-0.1, -0.05) is 0 Å². The Hall–Kier alpha value is -0.740. The largest absolute Gasteiger partial charge is 0.466 e. The van der Waals surface area contributed by atoms with Crippen molar-refractivity contribution in [3.8, 4) is 0 Å². The average Bonchev–Trinajstić information content (AvgIpc) is 2.45. The van der Waals surface area contributed by atoms with Crippen molar-refractivity contribution >= 4 is 16.2 Å². The Kier molecular flexibility index (Phi) is 6.83. The number of aliphatic hydroxyl groups is 2. The molecule has 0 aromatic heterocycles. The number of hydrogen-bond donors (Lipinski definition) is 3. The zero-order valence-corrected chi connectivity index (χ0v) is 12.3. The highest BCUT2D eigenvalue weighted by Crippen LogP contribution is 2.20. The summed E-state index contributed by atoms with van der Waals surface area (Å²) in [5.74, 6) is -0.561. The molecule has 0 radical (unpaired) electrons. The highest BCUT2D eigenvalue weighted by atomic mass is 32.2. The highest BCUT2D eigenvalue weighted by Gasteiger charge is 2.32. The van der Waals surface area contributed by atoms with E-state index in [4.69, 9.17) is 14.9 Å². The molecule has 1 aliphatic rings. The fourth-order valence-electron chi connectivity index (χ4n) is 2.01. The Morgan fingerprint density at radius 2 is 1.90 bits per heavy atom. The maximum absolute atomic E-state index is 12.0. The molecule has 118 valence electrons. The summed E-state index contributed by atoms with van der Waals surface area (Å²) >= 11 is 0. The van der Waals surface area contributed by atoms with E-state index in [-0.39, 0.29) is 25.0 Å². The lowest BCUT2D eigenvalue weighted by Crippen LogP contribution is -2.50. The molecule has 9 heteroatoms. The topological polar surface area (TPSA) is 116 Å². The van der Waals surface area contributed by atoms with Gasteiger partial charge in [0.15, 0.2) is 0 Å². The van der Waals surface area contributed by atoms with Crippen molar-refractivity contribution in [3.05, 3.63) is 0 Å². The van der Waals surface area contributed by atoms with Gasteiger partial charge in [0, 0.05) is 13.1 Å². The van der Waals surface area contributed by atoms with Crippen molar-refractivity contribution in [1.29, 1.82) is 0 Å². The Bertz CT molecular complexity index is 401. The molecule has 0 aliphatic carbocycles. The van der Waals surface area contributed by atoms with Crippen LogP contribution in [0.4, 0.5) is 0 Å². The number of ether oxygens (including phenoxy) is 1. The minimum Gasteiger partial charge on any atom is -0.466 e. The monoisotopic (exact) mass is 310 g/mol. The molecule has 1 fully saturated rings. The second-order valence-corrected chi connectivity index (χ2v) is 6.31. The molecule has 0 aromatic rings. The molecule has 0 spiro atoms. The lowest BCUT2D eigenvalue weighted by atomic mass is 9.98. The van der Waals surface area contributed by atoms with Gasteiger partial charge in [-0.25, -0.2) is 0 Å². The van der Waals surface area contributed by atoms with Gasteiger partial charge in [0.1, 0.15) is 0 Å².